The minimum Gasteiger partial charge on any atom is -0.455 e. The van der Waals surface area contributed by atoms with Gasteiger partial charge in [0, 0.05) is 23.1 Å². The van der Waals surface area contributed by atoms with Gasteiger partial charge in [0.15, 0.2) is 6.61 Å². The fourth-order valence-electron chi connectivity index (χ4n) is 3.54. The van der Waals surface area contributed by atoms with Gasteiger partial charge in [-0.25, -0.2) is 0 Å². The molecule has 1 heterocycles. The number of nitrogens with one attached hydrogen (secondary N) is 1. The van der Waals surface area contributed by atoms with Crippen molar-refractivity contribution in [2.45, 2.75) is 33.2 Å². The molecule has 0 aromatic heterocycles. The Morgan fingerprint density at radius 3 is 2.57 bits per heavy atom. The van der Waals surface area contributed by atoms with Crippen molar-refractivity contribution in [3.63, 3.8) is 0 Å². The molecule has 6 nitrogen and oxygen atoms in total. The van der Waals surface area contributed by atoms with Crippen molar-refractivity contribution in [1.82, 2.24) is 4.90 Å². The number of halogens is 1. The standard InChI is InChI=1S/C23H25BrN2O4/c1-14-15(2)20(10-9-19(14)24)25-21(27)13-30-23(29)18-11-22(28)26(12-18)16(3)17-7-5-4-6-8-17/h4-10,16,18H,11-13H2,1-3H3,(H,25,27)/t16-,18-/m1/s1. The number of carbonyl (C=O) groups excluding carboxylic acids is 3. The van der Waals surface area contributed by atoms with Gasteiger partial charge in [-0.05, 0) is 49.6 Å². The summed E-state index contributed by atoms with van der Waals surface area (Å²) < 4.78 is 6.16. The zero-order valence-electron chi connectivity index (χ0n) is 17.3. The maximum Gasteiger partial charge on any atom is 0.311 e. The molecule has 0 unspecified atom stereocenters. The minimum atomic E-state index is -0.562. The number of nitrogens with zero attached hydrogens (tertiary/aromatic N) is 1. The molecule has 158 valence electrons. The second-order valence-electron chi connectivity index (χ2n) is 7.53. The number of hydrogen-bond acceptors (Lipinski definition) is 4. The first-order chi connectivity index (χ1) is 14.3. The van der Waals surface area contributed by atoms with Crippen LogP contribution in [0.4, 0.5) is 5.69 Å². The van der Waals surface area contributed by atoms with Crippen molar-refractivity contribution in [2.75, 3.05) is 18.5 Å². The number of amides is 2. The van der Waals surface area contributed by atoms with Crippen LogP contribution in [0.1, 0.15) is 36.1 Å². The maximum atomic E-state index is 12.4. The van der Waals surface area contributed by atoms with Crippen LogP contribution in [-0.2, 0) is 19.1 Å². The largest absolute Gasteiger partial charge is 0.455 e. The third-order valence-electron chi connectivity index (χ3n) is 5.58. The van der Waals surface area contributed by atoms with Crippen molar-refractivity contribution in [2.24, 2.45) is 5.92 Å². The topological polar surface area (TPSA) is 75.7 Å². The van der Waals surface area contributed by atoms with Crippen LogP contribution < -0.4 is 5.32 Å². The Morgan fingerprint density at radius 1 is 1.17 bits per heavy atom. The maximum absolute atomic E-state index is 12.4. The summed E-state index contributed by atoms with van der Waals surface area (Å²) in [5.41, 5.74) is 3.66. The zero-order valence-corrected chi connectivity index (χ0v) is 18.9. The van der Waals surface area contributed by atoms with Crippen LogP contribution in [0.25, 0.3) is 0 Å². The Kier molecular flexibility index (Phi) is 6.92. The highest BCUT2D eigenvalue weighted by atomic mass is 79.9. The zero-order chi connectivity index (χ0) is 21.8. The molecule has 0 aliphatic carbocycles. The lowest BCUT2D eigenvalue weighted by atomic mass is 10.1. The molecule has 1 saturated heterocycles. The van der Waals surface area contributed by atoms with E-state index in [1.807, 2.05) is 57.2 Å². The Labute approximate surface area is 184 Å². The Balaban J connectivity index is 1.53. The van der Waals surface area contributed by atoms with Crippen LogP contribution in [0.15, 0.2) is 46.9 Å². The highest BCUT2D eigenvalue weighted by Gasteiger charge is 2.38. The van der Waals surface area contributed by atoms with Gasteiger partial charge in [0.1, 0.15) is 0 Å². The van der Waals surface area contributed by atoms with Crippen LogP contribution in [0.2, 0.25) is 0 Å². The molecule has 1 N–H and O–H groups in total. The molecule has 2 amide bonds. The molecule has 1 aliphatic heterocycles. The normalized spacial score (nSPS) is 17.0. The summed E-state index contributed by atoms with van der Waals surface area (Å²) in [6.07, 6.45) is 0.0998. The van der Waals surface area contributed by atoms with E-state index < -0.39 is 17.8 Å². The molecule has 0 bridgehead atoms. The molecule has 1 aliphatic rings. The molecule has 30 heavy (non-hydrogen) atoms. The predicted molar refractivity (Wildman–Crippen MR) is 118 cm³/mol. The van der Waals surface area contributed by atoms with Crippen molar-refractivity contribution >= 4 is 39.4 Å². The van der Waals surface area contributed by atoms with Gasteiger partial charge in [-0.1, -0.05) is 46.3 Å². The van der Waals surface area contributed by atoms with E-state index in [0.29, 0.717) is 12.2 Å². The lowest BCUT2D eigenvalue weighted by molar-refractivity contribution is -0.151. The van der Waals surface area contributed by atoms with Crippen LogP contribution in [0, 0.1) is 19.8 Å². The number of hydrogen-bond donors (Lipinski definition) is 1. The predicted octanol–water partition coefficient (Wildman–Crippen LogP) is 4.16. The van der Waals surface area contributed by atoms with Gasteiger partial charge in [-0.2, -0.15) is 0 Å². The summed E-state index contributed by atoms with van der Waals surface area (Å²) in [5, 5.41) is 2.77. The van der Waals surface area contributed by atoms with Crippen LogP contribution in [0.5, 0.6) is 0 Å². The SMILES string of the molecule is Cc1c(Br)ccc(NC(=O)COC(=O)[C@@H]2CC(=O)N([C@H](C)c3ccccc3)C2)c1C. The Hall–Kier alpha value is -2.67. The molecule has 3 rings (SSSR count). The van der Waals surface area contributed by atoms with E-state index in [2.05, 4.69) is 21.2 Å². The van der Waals surface area contributed by atoms with E-state index in [9.17, 15) is 14.4 Å². The van der Waals surface area contributed by atoms with Gasteiger partial charge in [0.2, 0.25) is 5.91 Å². The van der Waals surface area contributed by atoms with Crippen molar-refractivity contribution in [3.05, 3.63) is 63.6 Å². The summed E-state index contributed by atoms with van der Waals surface area (Å²) in [5.74, 6) is -1.58. The van der Waals surface area contributed by atoms with E-state index in [4.69, 9.17) is 4.74 Å². The second kappa shape index (κ2) is 9.43. The van der Waals surface area contributed by atoms with Gasteiger partial charge >= 0.3 is 5.97 Å². The molecule has 0 saturated carbocycles. The van der Waals surface area contributed by atoms with Crippen molar-refractivity contribution in [1.29, 1.82) is 0 Å². The molecule has 2 aromatic carbocycles. The lowest BCUT2D eigenvalue weighted by Gasteiger charge is -2.25. The van der Waals surface area contributed by atoms with Crippen molar-refractivity contribution < 1.29 is 19.1 Å². The second-order valence-corrected chi connectivity index (χ2v) is 8.39. The lowest BCUT2D eigenvalue weighted by Crippen LogP contribution is -2.30. The van der Waals surface area contributed by atoms with Crippen LogP contribution >= 0.6 is 15.9 Å². The van der Waals surface area contributed by atoms with Gasteiger partial charge in [0.25, 0.3) is 5.91 Å². The first-order valence-electron chi connectivity index (χ1n) is 9.84. The smallest absolute Gasteiger partial charge is 0.311 e. The Bertz CT molecular complexity index is 961. The Morgan fingerprint density at radius 2 is 1.87 bits per heavy atom. The summed E-state index contributed by atoms with van der Waals surface area (Å²) in [7, 11) is 0. The number of carbonyl (C=O) groups is 3. The van der Waals surface area contributed by atoms with E-state index >= 15 is 0 Å². The average molecular weight is 473 g/mol. The third kappa shape index (κ3) is 4.90. The van der Waals surface area contributed by atoms with Gasteiger partial charge in [-0.3, -0.25) is 14.4 Å². The number of benzene rings is 2. The summed E-state index contributed by atoms with van der Waals surface area (Å²) >= 11 is 3.45. The molecular formula is C23H25BrN2O4. The van der Waals surface area contributed by atoms with Gasteiger partial charge in [-0.15, -0.1) is 0 Å². The van der Waals surface area contributed by atoms with E-state index in [0.717, 1.165) is 21.2 Å². The number of anilines is 1. The highest BCUT2D eigenvalue weighted by molar-refractivity contribution is 9.10. The first kappa shape index (κ1) is 22.0. The minimum absolute atomic E-state index is 0.0845. The molecule has 0 radical (unpaired) electrons. The molecule has 7 heteroatoms. The number of rotatable bonds is 6. The number of esters is 1. The highest BCUT2D eigenvalue weighted by Crippen LogP contribution is 2.29. The van der Waals surface area contributed by atoms with Gasteiger partial charge in [0.05, 0.1) is 12.0 Å². The molecule has 2 aromatic rings. The first-order valence-corrected chi connectivity index (χ1v) is 10.6. The van der Waals surface area contributed by atoms with Crippen molar-refractivity contribution in [3.8, 4) is 0 Å². The quantitative estimate of drug-likeness (QED) is 0.640. The summed E-state index contributed by atoms with van der Waals surface area (Å²) in [4.78, 5) is 38.8. The molecule has 2 atom stereocenters. The monoisotopic (exact) mass is 472 g/mol. The third-order valence-corrected chi connectivity index (χ3v) is 6.44. The van der Waals surface area contributed by atoms with E-state index in [-0.39, 0.29) is 25.0 Å². The molecule has 1 fully saturated rings. The fourth-order valence-corrected chi connectivity index (χ4v) is 3.97. The summed E-state index contributed by atoms with van der Waals surface area (Å²) in [6.45, 7) is 5.71. The van der Waals surface area contributed by atoms with Crippen LogP contribution in [0.3, 0.4) is 0 Å². The van der Waals surface area contributed by atoms with E-state index in [1.54, 1.807) is 11.0 Å². The fraction of sp³-hybridized carbons (Fsp3) is 0.348. The average Bonchev–Trinajstić information content (AvgIpc) is 3.14. The summed E-state index contributed by atoms with van der Waals surface area (Å²) in [6, 6.07) is 13.2. The molecule has 0 spiro atoms. The number of likely N-dealkylation sites (tertiary alicyclic amines) is 1. The number of ether oxygens (including phenoxy) is 1. The van der Waals surface area contributed by atoms with Crippen LogP contribution in [-0.4, -0.2) is 35.8 Å². The molecular weight excluding hydrogens is 448 g/mol. The van der Waals surface area contributed by atoms with Gasteiger partial charge < -0.3 is 15.0 Å². The van der Waals surface area contributed by atoms with E-state index in [1.165, 1.54) is 0 Å².